The fourth-order valence-corrected chi connectivity index (χ4v) is 2.46. The van der Waals surface area contributed by atoms with Gasteiger partial charge in [-0.1, -0.05) is 60.8 Å². The van der Waals surface area contributed by atoms with Crippen LogP contribution in [0.2, 0.25) is 0 Å². The van der Waals surface area contributed by atoms with Crippen LogP contribution in [0.3, 0.4) is 0 Å². The first-order chi connectivity index (χ1) is 9.58. The molecule has 1 atom stereocenters. The summed E-state index contributed by atoms with van der Waals surface area (Å²) in [5.41, 5.74) is 0.947. The summed E-state index contributed by atoms with van der Waals surface area (Å²) in [6.45, 7) is 4.39. The Balaban J connectivity index is 2.46. The second-order valence-corrected chi connectivity index (χ2v) is 5.60. The predicted molar refractivity (Wildman–Crippen MR) is 86.3 cm³/mol. The van der Waals surface area contributed by atoms with E-state index in [4.69, 9.17) is 0 Å². The van der Waals surface area contributed by atoms with Crippen molar-refractivity contribution in [3.05, 3.63) is 40.4 Å². The number of nitrogens with one attached hydrogen (secondary N) is 1. The molecule has 0 spiro atoms. The number of benzene rings is 1. The maximum absolute atomic E-state index is 11.7. The molecule has 1 aromatic rings. The Morgan fingerprint density at radius 3 is 2.60 bits per heavy atom. The minimum atomic E-state index is -0.481. The lowest BCUT2D eigenvalue weighted by Crippen LogP contribution is -2.35. The molecule has 0 aliphatic carbocycles. The van der Waals surface area contributed by atoms with Gasteiger partial charge in [-0.3, -0.25) is 4.79 Å². The highest BCUT2D eigenvalue weighted by Gasteiger charge is 2.15. The Labute approximate surface area is 129 Å². The van der Waals surface area contributed by atoms with Gasteiger partial charge in [-0.05, 0) is 23.6 Å². The van der Waals surface area contributed by atoms with Gasteiger partial charge in [0.25, 0.3) is 0 Å². The first-order valence-corrected chi connectivity index (χ1v) is 7.76. The van der Waals surface area contributed by atoms with Crippen molar-refractivity contribution in [1.29, 1.82) is 0 Å². The summed E-state index contributed by atoms with van der Waals surface area (Å²) in [4.78, 5) is 11.7. The molecule has 0 fully saturated rings. The third-order valence-corrected chi connectivity index (χ3v) is 4.12. The molecule has 0 radical (unpaired) electrons. The van der Waals surface area contributed by atoms with E-state index in [1.54, 1.807) is 6.08 Å². The lowest BCUT2D eigenvalue weighted by atomic mass is 9.96. The molecule has 0 aliphatic heterocycles. The van der Waals surface area contributed by atoms with Gasteiger partial charge in [0, 0.05) is 17.1 Å². The second-order valence-electron chi connectivity index (χ2n) is 4.74. The summed E-state index contributed by atoms with van der Waals surface area (Å²) < 4.78 is 0.945. The number of halogens is 1. The quantitative estimate of drug-likeness (QED) is 0.748. The van der Waals surface area contributed by atoms with Crippen molar-refractivity contribution in [2.45, 2.75) is 32.8 Å². The van der Waals surface area contributed by atoms with E-state index in [9.17, 15) is 9.90 Å². The van der Waals surface area contributed by atoms with Crippen LogP contribution in [0.5, 0.6) is 0 Å². The van der Waals surface area contributed by atoms with Crippen LogP contribution in [0.1, 0.15) is 32.3 Å². The van der Waals surface area contributed by atoms with Crippen LogP contribution >= 0.6 is 15.9 Å². The number of hydrogen-bond donors (Lipinski definition) is 2. The Morgan fingerprint density at radius 2 is 2.00 bits per heavy atom. The van der Waals surface area contributed by atoms with Gasteiger partial charge in [-0.25, -0.2) is 0 Å². The fourth-order valence-electron chi connectivity index (χ4n) is 2.04. The van der Waals surface area contributed by atoms with Crippen LogP contribution in [-0.4, -0.2) is 23.7 Å². The molecule has 1 rings (SSSR count). The van der Waals surface area contributed by atoms with E-state index in [0.29, 0.717) is 6.54 Å². The van der Waals surface area contributed by atoms with E-state index in [1.807, 2.05) is 38.1 Å². The zero-order valence-corrected chi connectivity index (χ0v) is 13.6. The molecule has 0 saturated heterocycles. The number of amides is 1. The van der Waals surface area contributed by atoms with Crippen molar-refractivity contribution in [2.24, 2.45) is 5.92 Å². The molecule has 1 unspecified atom stereocenters. The molecule has 1 amide bonds. The van der Waals surface area contributed by atoms with Crippen LogP contribution in [0.25, 0.3) is 6.08 Å². The molecule has 3 nitrogen and oxygen atoms in total. The number of aliphatic hydroxyl groups is 1. The summed E-state index contributed by atoms with van der Waals surface area (Å²) in [7, 11) is 0. The van der Waals surface area contributed by atoms with Crippen LogP contribution < -0.4 is 5.32 Å². The van der Waals surface area contributed by atoms with Crippen LogP contribution in [0.15, 0.2) is 34.8 Å². The third-order valence-electron chi connectivity index (χ3n) is 3.40. The Bertz CT molecular complexity index is 456. The monoisotopic (exact) mass is 339 g/mol. The first kappa shape index (κ1) is 16.9. The summed E-state index contributed by atoms with van der Waals surface area (Å²) in [5, 5.41) is 12.7. The first-order valence-electron chi connectivity index (χ1n) is 6.97. The zero-order valence-electron chi connectivity index (χ0n) is 12.0. The summed E-state index contributed by atoms with van der Waals surface area (Å²) in [6.07, 6.45) is 4.59. The SMILES string of the molecule is CCC(CC)C(O)CNC(=O)/C=C/c1ccccc1Br. The molecule has 0 aliphatic rings. The van der Waals surface area contributed by atoms with Crippen LogP contribution in [-0.2, 0) is 4.79 Å². The second kappa shape index (κ2) is 8.93. The maximum atomic E-state index is 11.7. The summed E-state index contributed by atoms with van der Waals surface area (Å²) in [5.74, 6) is 0.0494. The molecule has 110 valence electrons. The van der Waals surface area contributed by atoms with Crippen molar-refractivity contribution in [3.8, 4) is 0 Å². The number of carbonyl (C=O) groups is 1. The average molecular weight is 340 g/mol. The van der Waals surface area contributed by atoms with E-state index in [-0.39, 0.29) is 11.8 Å². The van der Waals surface area contributed by atoms with Crippen molar-refractivity contribution in [2.75, 3.05) is 6.54 Å². The lowest BCUT2D eigenvalue weighted by Gasteiger charge is -2.19. The minimum absolute atomic E-state index is 0.189. The van der Waals surface area contributed by atoms with Crippen molar-refractivity contribution < 1.29 is 9.90 Å². The maximum Gasteiger partial charge on any atom is 0.244 e. The standard InChI is InChI=1S/C16H22BrNO2/c1-3-12(4-2)15(19)11-18-16(20)10-9-13-7-5-6-8-14(13)17/h5-10,12,15,19H,3-4,11H2,1-2H3,(H,18,20)/b10-9+. The summed E-state index contributed by atoms with van der Waals surface area (Å²) in [6, 6.07) is 7.69. The molecule has 2 N–H and O–H groups in total. The van der Waals surface area contributed by atoms with Gasteiger partial charge in [-0.2, -0.15) is 0 Å². The van der Waals surface area contributed by atoms with Crippen molar-refractivity contribution >= 4 is 27.9 Å². The minimum Gasteiger partial charge on any atom is -0.391 e. The molecule has 0 bridgehead atoms. The highest BCUT2D eigenvalue weighted by atomic mass is 79.9. The predicted octanol–water partition coefficient (Wildman–Crippen LogP) is 3.38. The number of rotatable bonds is 7. The topological polar surface area (TPSA) is 49.3 Å². The van der Waals surface area contributed by atoms with Gasteiger partial charge >= 0.3 is 0 Å². The molecule has 0 aromatic heterocycles. The van der Waals surface area contributed by atoms with E-state index >= 15 is 0 Å². The van der Waals surface area contributed by atoms with Gasteiger partial charge in [0.15, 0.2) is 0 Å². The van der Waals surface area contributed by atoms with Crippen molar-refractivity contribution in [1.82, 2.24) is 5.32 Å². The largest absolute Gasteiger partial charge is 0.391 e. The Morgan fingerprint density at radius 1 is 1.35 bits per heavy atom. The average Bonchev–Trinajstić information content (AvgIpc) is 2.45. The smallest absolute Gasteiger partial charge is 0.244 e. The fraction of sp³-hybridized carbons (Fsp3) is 0.438. The van der Waals surface area contributed by atoms with E-state index < -0.39 is 6.10 Å². The highest BCUT2D eigenvalue weighted by molar-refractivity contribution is 9.10. The van der Waals surface area contributed by atoms with Crippen LogP contribution in [0.4, 0.5) is 0 Å². The molecule has 0 heterocycles. The molecule has 0 saturated carbocycles. The zero-order chi connectivity index (χ0) is 15.0. The third kappa shape index (κ3) is 5.47. The summed E-state index contributed by atoms with van der Waals surface area (Å²) >= 11 is 3.42. The normalized spacial score (nSPS) is 12.8. The van der Waals surface area contributed by atoms with Crippen molar-refractivity contribution in [3.63, 3.8) is 0 Å². The van der Waals surface area contributed by atoms with E-state index in [0.717, 1.165) is 22.9 Å². The highest BCUT2D eigenvalue weighted by Crippen LogP contribution is 2.17. The van der Waals surface area contributed by atoms with Gasteiger partial charge in [-0.15, -0.1) is 0 Å². The van der Waals surface area contributed by atoms with Crippen LogP contribution in [0, 0.1) is 5.92 Å². The number of hydrogen-bond acceptors (Lipinski definition) is 2. The Kier molecular flexibility index (Phi) is 7.55. The Hall–Kier alpha value is -1.13. The number of carbonyl (C=O) groups excluding carboxylic acids is 1. The molecule has 20 heavy (non-hydrogen) atoms. The van der Waals surface area contributed by atoms with E-state index in [2.05, 4.69) is 21.2 Å². The van der Waals surface area contributed by atoms with Gasteiger partial charge in [0.05, 0.1) is 6.10 Å². The molecule has 4 heteroatoms. The molecule has 1 aromatic carbocycles. The van der Waals surface area contributed by atoms with E-state index in [1.165, 1.54) is 6.08 Å². The molecular formula is C16H22BrNO2. The van der Waals surface area contributed by atoms with Gasteiger partial charge < -0.3 is 10.4 Å². The molecular weight excluding hydrogens is 318 g/mol. The van der Waals surface area contributed by atoms with Gasteiger partial charge in [0.1, 0.15) is 0 Å². The van der Waals surface area contributed by atoms with Gasteiger partial charge in [0.2, 0.25) is 5.91 Å². The lowest BCUT2D eigenvalue weighted by molar-refractivity contribution is -0.117. The number of aliphatic hydroxyl groups excluding tert-OH is 1.